The van der Waals surface area contributed by atoms with Crippen LogP contribution in [0.25, 0.3) is 27.9 Å². The van der Waals surface area contributed by atoms with Crippen LogP contribution in [0.2, 0.25) is 0 Å². The second-order valence-corrected chi connectivity index (χ2v) is 10.0. The predicted molar refractivity (Wildman–Crippen MR) is 160 cm³/mol. The highest BCUT2D eigenvalue weighted by atomic mass is 16.5. The van der Waals surface area contributed by atoms with Crippen LogP contribution < -0.4 is 10.5 Å². The average molecular weight is 537 g/mol. The Morgan fingerprint density at radius 3 is 2.17 bits per heavy atom. The molecule has 0 atom stereocenters. The second kappa shape index (κ2) is 13.1. The molecule has 5 rings (SSSR count). The van der Waals surface area contributed by atoms with Crippen molar-refractivity contribution >= 4 is 34.0 Å². The maximum absolute atomic E-state index is 13.3. The summed E-state index contributed by atoms with van der Waals surface area (Å²) in [7, 11) is 0. The van der Waals surface area contributed by atoms with Crippen LogP contribution >= 0.6 is 0 Å². The molecule has 0 bridgehead atoms. The van der Waals surface area contributed by atoms with Crippen molar-refractivity contribution in [2.75, 3.05) is 12.3 Å². The quantitative estimate of drug-likeness (QED) is 0.123. The van der Waals surface area contributed by atoms with Crippen LogP contribution in [0.4, 0.5) is 5.82 Å². The van der Waals surface area contributed by atoms with Crippen molar-refractivity contribution in [2.45, 2.75) is 58.5 Å². The minimum atomic E-state index is -0.473. The van der Waals surface area contributed by atoms with E-state index in [-0.39, 0.29) is 11.4 Å². The number of esters is 1. The van der Waals surface area contributed by atoms with E-state index in [0.29, 0.717) is 29.9 Å². The molecule has 206 valence electrons. The Morgan fingerprint density at radius 2 is 1.45 bits per heavy atom. The van der Waals surface area contributed by atoms with Crippen molar-refractivity contribution in [2.24, 2.45) is 0 Å². The number of nitrogens with two attached hydrogens (primary N) is 1. The molecular formula is C33H36N4O3. The highest BCUT2D eigenvalue weighted by Crippen LogP contribution is 2.32. The molecule has 0 unspecified atom stereocenters. The van der Waals surface area contributed by atoms with Gasteiger partial charge in [-0.15, -0.1) is 0 Å². The summed E-state index contributed by atoms with van der Waals surface area (Å²) in [6, 6.07) is 25.2. The summed E-state index contributed by atoms with van der Waals surface area (Å²) in [6.07, 6.45) is 8.02. The first kappa shape index (κ1) is 27.2. The minimum absolute atomic E-state index is 0.251. The normalized spacial score (nSPS) is 11.2. The van der Waals surface area contributed by atoms with Gasteiger partial charge in [-0.2, -0.15) is 0 Å². The number of fused-ring (bicyclic) bond motifs is 2. The van der Waals surface area contributed by atoms with Gasteiger partial charge >= 0.3 is 5.97 Å². The zero-order valence-corrected chi connectivity index (χ0v) is 23.0. The van der Waals surface area contributed by atoms with E-state index in [9.17, 15) is 4.79 Å². The summed E-state index contributed by atoms with van der Waals surface area (Å²) < 4.78 is 13.4. The van der Waals surface area contributed by atoms with Gasteiger partial charge in [0.05, 0.1) is 17.6 Å². The summed E-state index contributed by atoms with van der Waals surface area (Å²) in [6.45, 7) is 3.04. The number of ether oxygens (including phenoxy) is 2. The zero-order valence-electron chi connectivity index (χ0n) is 23.0. The number of nitrogens with zero attached hydrogens (tertiary/aromatic N) is 3. The molecule has 2 heterocycles. The minimum Gasteiger partial charge on any atom is -0.489 e. The van der Waals surface area contributed by atoms with Crippen LogP contribution in [0.3, 0.4) is 0 Å². The Hall–Kier alpha value is -4.39. The van der Waals surface area contributed by atoms with E-state index in [4.69, 9.17) is 25.2 Å². The molecule has 0 radical (unpaired) electrons. The lowest BCUT2D eigenvalue weighted by Crippen LogP contribution is -2.10. The van der Waals surface area contributed by atoms with Crippen molar-refractivity contribution in [3.8, 4) is 11.4 Å². The molecule has 7 nitrogen and oxygen atoms in total. The van der Waals surface area contributed by atoms with Crippen LogP contribution in [0, 0.1) is 0 Å². The standard InChI is InChI=1S/C33H36N4O3/c1-2-3-4-5-6-7-13-22-39-33(38)29-30-32(36-28-17-12-11-16-27(28)35-30)37(31(29)34)25-18-20-26(21-19-25)40-23-24-14-9-8-10-15-24/h8-12,14-21H,2-7,13,22-23,34H2,1H3. The molecule has 0 saturated heterocycles. The molecule has 2 aromatic heterocycles. The van der Waals surface area contributed by atoms with Gasteiger partial charge in [-0.3, -0.25) is 4.57 Å². The van der Waals surface area contributed by atoms with E-state index >= 15 is 0 Å². The topological polar surface area (TPSA) is 92.3 Å². The second-order valence-electron chi connectivity index (χ2n) is 10.0. The summed E-state index contributed by atoms with van der Waals surface area (Å²) >= 11 is 0. The maximum atomic E-state index is 13.3. The number of rotatable bonds is 13. The Morgan fingerprint density at radius 1 is 0.800 bits per heavy atom. The van der Waals surface area contributed by atoms with Gasteiger partial charge in [-0.05, 0) is 48.4 Å². The maximum Gasteiger partial charge on any atom is 0.344 e. The summed E-state index contributed by atoms with van der Waals surface area (Å²) in [4.78, 5) is 22.9. The monoisotopic (exact) mass is 536 g/mol. The SMILES string of the molecule is CCCCCCCCCOC(=O)c1c(N)n(-c2ccc(OCc3ccccc3)cc2)c2nc3ccccc3nc12. The Balaban J connectivity index is 1.38. The number of benzene rings is 3. The van der Waals surface area contributed by atoms with Crippen molar-refractivity contribution in [1.82, 2.24) is 14.5 Å². The molecule has 0 fully saturated rings. The number of anilines is 1. The lowest BCUT2D eigenvalue weighted by atomic mass is 10.1. The Kier molecular flexibility index (Phi) is 8.91. The van der Waals surface area contributed by atoms with Gasteiger partial charge in [-0.25, -0.2) is 14.8 Å². The van der Waals surface area contributed by atoms with Gasteiger partial charge in [0, 0.05) is 5.69 Å². The van der Waals surface area contributed by atoms with E-state index in [1.165, 1.54) is 25.7 Å². The van der Waals surface area contributed by atoms with E-state index in [0.717, 1.165) is 41.8 Å². The van der Waals surface area contributed by atoms with Crippen LogP contribution in [-0.4, -0.2) is 27.1 Å². The van der Waals surface area contributed by atoms with E-state index < -0.39 is 5.97 Å². The fourth-order valence-electron chi connectivity index (χ4n) is 4.85. The average Bonchev–Trinajstić information content (AvgIpc) is 3.27. The third-order valence-electron chi connectivity index (χ3n) is 7.03. The van der Waals surface area contributed by atoms with E-state index in [2.05, 4.69) is 6.92 Å². The third-order valence-corrected chi connectivity index (χ3v) is 7.03. The van der Waals surface area contributed by atoms with Crippen molar-refractivity contribution in [3.63, 3.8) is 0 Å². The van der Waals surface area contributed by atoms with E-state index in [1.807, 2.05) is 78.9 Å². The molecule has 7 heteroatoms. The van der Waals surface area contributed by atoms with Crippen molar-refractivity contribution in [3.05, 3.63) is 90.0 Å². The molecule has 0 aliphatic heterocycles. The first-order chi connectivity index (χ1) is 19.7. The van der Waals surface area contributed by atoms with Gasteiger partial charge in [-0.1, -0.05) is 87.9 Å². The summed E-state index contributed by atoms with van der Waals surface area (Å²) in [5.41, 5.74) is 11.1. The van der Waals surface area contributed by atoms with Gasteiger partial charge in [0.1, 0.15) is 29.3 Å². The van der Waals surface area contributed by atoms with Crippen LogP contribution in [0.5, 0.6) is 5.75 Å². The molecule has 3 aromatic carbocycles. The van der Waals surface area contributed by atoms with Gasteiger partial charge in [0.2, 0.25) is 0 Å². The highest BCUT2D eigenvalue weighted by Gasteiger charge is 2.26. The number of carbonyl (C=O) groups is 1. The fraction of sp³-hybridized carbons (Fsp3) is 0.303. The number of carbonyl (C=O) groups excluding carboxylic acids is 1. The Labute approximate surface area is 235 Å². The zero-order chi connectivity index (χ0) is 27.7. The van der Waals surface area contributed by atoms with Crippen molar-refractivity contribution in [1.29, 1.82) is 0 Å². The van der Waals surface area contributed by atoms with Gasteiger partial charge in [0.25, 0.3) is 0 Å². The lowest BCUT2D eigenvalue weighted by Gasteiger charge is -2.10. The molecule has 40 heavy (non-hydrogen) atoms. The van der Waals surface area contributed by atoms with Crippen LogP contribution in [-0.2, 0) is 11.3 Å². The number of unbranched alkanes of at least 4 members (excludes halogenated alkanes) is 6. The van der Waals surface area contributed by atoms with Gasteiger partial charge in [0.15, 0.2) is 5.65 Å². The molecule has 0 amide bonds. The van der Waals surface area contributed by atoms with Crippen molar-refractivity contribution < 1.29 is 14.3 Å². The number of nitrogen functional groups attached to an aromatic ring is 1. The molecule has 0 saturated carbocycles. The number of hydrogen-bond donors (Lipinski definition) is 1. The summed E-state index contributed by atoms with van der Waals surface area (Å²) in [5, 5.41) is 0. The van der Waals surface area contributed by atoms with Crippen LogP contribution in [0.15, 0.2) is 78.9 Å². The number of para-hydroxylation sites is 2. The highest BCUT2D eigenvalue weighted by molar-refractivity contribution is 6.09. The molecular weight excluding hydrogens is 500 g/mol. The first-order valence-electron chi connectivity index (χ1n) is 14.2. The largest absolute Gasteiger partial charge is 0.489 e. The number of hydrogen-bond acceptors (Lipinski definition) is 6. The third kappa shape index (κ3) is 6.25. The molecule has 5 aromatic rings. The van der Waals surface area contributed by atoms with Gasteiger partial charge < -0.3 is 15.2 Å². The smallest absolute Gasteiger partial charge is 0.344 e. The molecule has 2 N–H and O–H groups in total. The lowest BCUT2D eigenvalue weighted by molar-refractivity contribution is 0.0501. The van der Waals surface area contributed by atoms with Crippen LogP contribution in [0.1, 0.15) is 67.8 Å². The van der Waals surface area contributed by atoms with E-state index in [1.54, 1.807) is 4.57 Å². The predicted octanol–water partition coefficient (Wildman–Crippen LogP) is 7.64. The first-order valence-corrected chi connectivity index (χ1v) is 14.2. The molecule has 0 aliphatic rings. The molecule has 0 aliphatic carbocycles. The number of aromatic nitrogens is 3. The summed E-state index contributed by atoms with van der Waals surface area (Å²) in [5.74, 6) is 0.515. The Bertz CT molecular complexity index is 1560. The fourth-order valence-corrected chi connectivity index (χ4v) is 4.85. The molecule has 0 spiro atoms.